The molecule has 0 aliphatic heterocycles. The molecule has 1 aromatic heterocycles. The quantitative estimate of drug-likeness (QED) is 0.508. The molecular formula is C21H21ClN4O3S. The number of aryl methyl sites for hydroxylation is 1. The van der Waals surface area contributed by atoms with Gasteiger partial charge in [-0.05, 0) is 54.6 Å². The van der Waals surface area contributed by atoms with Crippen molar-refractivity contribution in [3.05, 3.63) is 59.4 Å². The van der Waals surface area contributed by atoms with Gasteiger partial charge in [0.1, 0.15) is 0 Å². The molecule has 0 aliphatic rings. The molecular weight excluding hydrogens is 424 g/mol. The highest BCUT2D eigenvalue weighted by molar-refractivity contribution is 8.13. The number of aromatic nitrogens is 2. The van der Waals surface area contributed by atoms with Gasteiger partial charge in [-0.15, -0.1) is 0 Å². The largest absolute Gasteiger partial charge is 0.339 e. The van der Waals surface area contributed by atoms with Crippen LogP contribution in [0.2, 0.25) is 5.02 Å². The third-order valence-electron chi connectivity index (χ3n) is 4.09. The van der Waals surface area contributed by atoms with Crippen molar-refractivity contribution in [1.29, 1.82) is 0 Å². The van der Waals surface area contributed by atoms with E-state index >= 15 is 0 Å². The number of hydrogen-bond donors (Lipinski definition) is 1. The minimum atomic E-state index is -0.141. The second-order valence-corrected chi connectivity index (χ2v) is 8.11. The molecule has 0 bridgehead atoms. The van der Waals surface area contributed by atoms with Crippen LogP contribution in [0.5, 0.6) is 0 Å². The number of amides is 2. The van der Waals surface area contributed by atoms with Crippen LogP contribution in [0, 0.1) is 0 Å². The first kappa shape index (κ1) is 21.9. The maximum absolute atomic E-state index is 12.3. The van der Waals surface area contributed by atoms with Crippen molar-refractivity contribution in [2.75, 3.05) is 19.4 Å². The fourth-order valence-electron chi connectivity index (χ4n) is 2.53. The highest BCUT2D eigenvalue weighted by atomic mass is 35.5. The fraction of sp³-hybridized carbons (Fsp3) is 0.238. The van der Waals surface area contributed by atoms with E-state index in [1.54, 1.807) is 38.4 Å². The van der Waals surface area contributed by atoms with Crippen molar-refractivity contribution in [2.45, 2.75) is 24.2 Å². The number of hydrogen-bond acceptors (Lipinski definition) is 6. The van der Waals surface area contributed by atoms with Gasteiger partial charge in [-0.25, -0.2) is 0 Å². The van der Waals surface area contributed by atoms with Gasteiger partial charge in [-0.3, -0.25) is 9.59 Å². The van der Waals surface area contributed by atoms with Gasteiger partial charge in [0.25, 0.3) is 5.24 Å². The Bertz CT molecular complexity index is 1020. The number of para-hydroxylation sites is 1. The van der Waals surface area contributed by atoms with Gasteiger partial charge >= 0.3 is 0 Å². The Morgan fingerprint density at radius 2 is 1.87 bits per heavy atom. The minimum absolute atomic E-state index is 0.107. The number of nitrogens with one attached hydrogen (secondary N) is 1. The van der Waals surface area contributed by atoms with Crippen molar-refractivity contribution < 1.29 is 14.1 Å². The maximum Gasteiger partial charge on any atom is 0.286 e. The molecule has 1 N–H and O–H groups in total. The molecule has 9 heteroatoms. The molecule has 0 fully saturated rings. The topological polar surface area (TPSA) is 88.3 Å². The number of rotatable bonds is 7. The Labute approximate surface area is 183 Å². The molecule has 30 heavy (non-hydrogen) atoms. The number of anilines is 1. The summed E-state index contributed by atoms with van der Waals surface area (Å²) >= 11 is 6.96. The highest BCUT2D eigenvalue weighted by Crippen LogP contribution is 2.28. The predicted octanol–water partition coefficient (Wildman–Crippen LogP) is 5.13. The normalized spacial score (nSPS) is 10.6. The van der Waals surface area contributed by atoms with Crippen LogP contribution in [0.4, 0.5) is 10.5 Å². The average Bonchev–Trinajstić information content (AvgIpc) is 3.18. The molecule has 3 aromatic rings. The summed E-state index contributed by atoms with van der Waals surface area (Å²) in [7, 11) is 3.37. The van der Waals surface area contributed by atoms with Crippen molar-refractivity contribution in [3.8, 4) is 11.4 Å². The van der Waals surface area contributed by atoms with Gasteiger partial charge in [0, 0.05) is 42.4 Å². The van der Waals surface area contributed by atoms with Crippen molar-refractivity contribution in [2.24, 2.45) is 0 Å². The Balaban J connectivity index is 1.51. The number of benzene rings is 2. The number of nitrogens with zero attached hydrogens (tertiary/aromatic N) is 3. The van der Waals surface area contributed by atoms with Gasteiger partial charge < -0.3 is 14.7 Å². The summed E-state index contributed by atoms with van der Waals surface area (Å²) in [6.45, 7) is 0. The van der Waals surface area contributed by atoms with E-state index in [4.69, 9.17) is 16.1 Å². The summed E-state index contributed by atoms with van der Waals surface area (Å²) in [5.41, 5.74) is 1.43. The van der Waals surface area contributed by atoms with E-state index in [1.807, 2.05) is 24.3 Å². The van der Waals surface area contributed by atoms with Crippen LogP contribution in [0.25, 0.3) is 11.4 Å². The van der Waals surface area contributed by atoms with E-state index in [2.05, 4.69) is 15.5 Å². The number of carbonyl (C=O) groups is 2. The molecule has 3 rings (SSSR count). The highest BCUT2D eigenvalue weighted by Gasteiger charge is 2.13. The van der Waals surface area contributed by atoms with E-state index in [0.717, 1.165) is 17.3 Å². The lowest BCUT2D eigenvalue weighted by molar-refractivity contribution is -0.116. The monoisotopic (exact) mass is 444 g/mol. The molecule has 0 saturated carbocycles. The van der Waals surface area contributed by atoms with E-state index in [-0.39, 0.29) is 11.1 Å². The lowest BCUT2D eigenvalue weighted by Gasteiger charge is -2.13. The SMILES string of the molecule is CN(C)C(=O)Sc1ccccc1NC(=O)CCCc1nc(-c2ccc(Cl)cc2)no1. The van der Waals surface area contributed by atoms with Crippen LogP contribution in [0.15, 0.2) is 57.9 Å². The number of halogens is 1. The zero-order valence-corrected chi connectivity index (χ0v) is 18.2. The first-order chi connectivity index (χ1) is 14.4. The second kappa shape index (κ2) is 10.3. The van der Waals surface area contributed by atoms with Gasteiger partial charge in [0.15, 0.2) is 0 Å². The lowest BCUT2D eigenvalue weighted by atomic mass is 10.2. The lowest BCUT2D eigenvalue weighted by Crippen LogP contribution is -2.17. The second-order valence-electron chi connectivity index (χ2n) is 6.68. The van der Waals surface area contributed by atoms with Gasteiger partial charge in [-0.1, -0.05) is 28.9 Å². The molecule has 0 atom stereocenters. The number of carbonyl (C=O) groups excluding carboxylic acids is 2. The van der Waals surface area contributed by atoms with E-state index in [9.17, 15) is 9.59 Å². The first-order valence-electron chi connectivity index (χ1n) is 9.29. The summed E-state index contributed by atoms with van der Waals surface area (Å²) in [4.78, 5) is 30.8. The Morgan fingerprint density at radius 1 is 1.13 bits per heavy atom. The molecule has 0 saturated heterocycles. The zero-order chi connectivity index (χ0) is 21.5. The van der Waals surface area contributed by atoms with Crippen LogP contribution in [-0.4, -0.2) is 40.3 Å². The summed E-state index contributed by atoms with van der Waals surface area (Å²) in [6, 6.07) is 14.4. The van der Waals surface area contributed by atoms with E-state index in [1.165, 1.54) is 4.90 Å². The molecule has 0 spiro atoms. The molecule has 2 amide bonds. The first-order valence-corrected chi connectivity index (χ1v) is 10.5. The third kappa shape index (κ3) is 6.08. The van der Waals surface area contributed by atoms with E-state index < -0.39 is 0 Å². The molecule has 0 radical (unpaired) electrons. The zero-order valence-electron chi connectivity index (χ0n) is 16.6. The van der Waals surface area contributed by atoms with Crippen LogP contribution in [-0.2, 0) is 11.2 Å². The van der Waals surface area contributed by atoms with Crippen molar-refractivity contribution in [3.63, 3.8) is 0 Å². The summed E-state index contributed by atoms with van der Waals surface area (Å²) in [5, 5.41) is 7.37. The Hall–Kier alpha value is -2.84. The standard InChI is InChI=1S/C21H21ClN4O3S/c1-26(2)21(28)30-17-7-4-3-6-16(17)23-18(27)8-5-9-19-24-20(25-29-19)14-10-12-15(22)13-11-14/h3-4,6-7,10-13H,5,8-9H2,1-2H3,(H,23,27). The molecule has 1 heterocycles. The molecule has 156 valence electrons. The average molecular weight is 445 g/mol. The molecule has 7 nitrogen and oxygen atoms in total. The van der Waals surface area contributed by atoms with Gasteiger partial charge in [0.05, 0.1) is 5.69 Å². The smallest absolute Gasteiger partial charge is 0.286 e. The third-order valence-corrected chi connectivity index (χ3v) is 5.46. The van der Waals surface area contributed by atoms with Crippen molar-refractivity contribution >= 4 is 40.2 Å². The summed E-state index contributed by atoms with van der Waals surface area (Å²) < 4.78 is 5.26. The summed E-state index contributed by atoms with van der Waals surface area (Å²) in [5.74, 6) is 0.820. The number of thioether (sulfide) groups is 1. The molecule has 0 unspecified atom stereocenters. The Kier molecular flexibility index (Phi) is 7.48. The minimum Gasteiger partial charge on any atom is -0.339 e. The van der Waals surface area contributed by atoms with Crippen LogP contribution < -0.4 is 5.32 Å². The van der Waals surface area contributed by atoms with Gasteiger partial charge in [0.2, 0.25) is 17.6 Å². The van der Waals surface area contributed by atoms with Crippen LogP contribution in [0.1, 0.15) is 18.7 Å². The van der Waals surface area contributed by atoms with Crippen LogP contribution in [0.3, 0.4) is 0 Å². The maximum atomic E-state index is 12.3. The molecule has 2 aromatic carbocycles. The van der Waals surface area contributed by atoms with Crippen LogP contribution >= 0.6 is 23.4 Å². The summed E-state index contributed by atoms with van der Waals surface area (Å²) in [6.07, 6.45) is 1.34. The van der Waals surface area contributed by atoms with Crippen molar-refractivity contribution in [1.82, 2.24) is 15.0 Å². The molecule has 0 aliphatic carbocycles. The Morgan fingerprint density at radius 3 is 2.60 bits per heavy atom. The fourth-order valence-corrected chi connectivity index (χ4v) is 3.40. The predicted molar refractivity (Wildman–Crippen MR) is 118 cm³/mol. The van der Waals surface area contributed by atoms with Gasteiger partial charge in [-0.2, -0.15) is 4.98 Å². The van der Waals surface area contributed by atoms with E-state index in [0.29, 0.717) is 46.6 Å².